The molecule has 0 atom stereocenters. The normalized spacial score (nSPS) is 11.6. The molecule has 1 aromatic carbocycles. The molecule has 2 nitrogen and oxygen atoms in total. The smallest absolute Gasteiger partial charge is 0.0481 e. The quantitative estimate of drug-likeness (QED) is 0.834. The van der Waals surface area contributed by atoms with E-state index in [0.717, 1.165) is 6.54 Å². The van der Waals surface area contributed by atoms with E-state index in [1.807, 2.05) is 7.05 Å². The number of fused-ring (bicyclic) bond motifs is 1. The molecule has 16 heavy (non-hydrogen) atoms. The van der Waals surface area contributed by atoms with Gasteiger partial charge in [-0.15, -0.1) is 0 Å². The number of hydrogen-bond donors (Lipinski definition) is 1. The van der Waals surface area contributed by atoms with Crippen molar-refractivity contribution in [3.63, 3.8) is 0 Å². The first-order valence-electron chi connectivity index (χ1n) is 5.86. The summed E-state index contributed by atoms with van der Waals surface area (Å²) in [7, 11) is 4.10. The highest BCUT2D eigenvalue weighted by atomic mass is 14.9. The SMILES string of the molecule is CNCc1cn(C)c2ccc(C(C)C)cc12. The Kier molecular flexibility index (Phi) is 3.01. The Balaban J connectivity index is 2.60. The molecular formula is C14H20N2. The lowest BCUT2D eigenvalue weighted by atomic mass is 10.0. The van der Waals surface area contributed by atoms with Crippen LogP contribution in [-0.2, 0) is 13.6 Å². The molecule has 2 heteroatoms. The standard InChI is InChI=1S/C14H20N2/c1-10(2)11-5-6-14-13(7-11)12(8-15-3)9-16(14)4/h5-7,9-10,15H,8H2,1-4H3. The summed E-state index contributed by atoms with van der Waals surface area (Å²) in [5.74, 6) is 0.590. The zero-order chi connectivity index (χ0) is 11.7. The van der Waals surface area contributed by atoms with Crippen LogP contribution in [0.15, 0.2) is 24.4 Å². The van der Waals surface area contributed by atoms with Gasteiger partial charge >= 0.3 is 0 Å². The maximum atomic E-state index is 3.22. The third-order valence-corrected chi connectivity index (χ3v) is 3.13. The second kappa shape index (κ2) is 4.30. The van der Waals surface area contributed by atoms with E-state index in [4.69, 9.17) is 0 Å². The molecule has 0 amide bonds. The summed E-state index contributed by atoms with van der Waals surface area (Å²) in [6.45, 7) is 5.41. The third-order valence-electron chi connectivity index (χ3n) is 3.13. The lowest BCUT2D eigenvalue weighted by Gasteiger charge is -2.06. The summed E-state index contributed by atoms with van der Waals surface area (Å²) in [6, 6.07) is 6.78. The van der Waals surface area contributed by atoms with Gasteiger partial charge in [0.15, 0.2) is 0 Å². The predicted octanol–water partition coefficient (Wildman–Crippen LogP) is 3.02. The van der Waals surface area contributed by atoms with E-state index in [9.17, 15) is 0 Å². The Bertz CT molecular complexity index is 495. The van der Waals surface area contributed by atoms with Crippen molar-refractivity contribution in [2.75, 3.05) is 7.05 Å². The van der Waals surface area contributed by atoms with Gasteiger partial charge in [-0.05, 0) is 36.2 Å². The maximum absolute atomic E-state index is 3.22. The molecule has 0 aliphatic rings. The number of rotatable bonds is 3. The fourth-order valence-electron chi connectivity index (χ4n) is 2.18. The number of nitrogens with zero attached hydrogens (tertiary/aromatic N) is 1. The van der Waals surface area contributed by atoms with Crippen LogP contribution in [0.2, 0.25) is 0 Å². The van der Waals surface area contributed by atoms with Gasteiger partial charge in [-0.2, -0.15) is 0 Å². The minimum absolute atomic E-state index is 0.590. The minimum atomic E-state index is 0.590. The number of aromatic nitrogens is 1. The lowest BCUT2D eigenvalue weighted by Crippen LogP contribution is -2.04. The van der Waals surface area contributed by atoms with Gasteiger partial charge in [0.05, 0.1) is 0 Å². The van der Waals surface area contributed by atoms with E-state index in [1.54, 1.807) is 0 Å². The number of nitrogens with one attached hydrogen (secondary N) is 1. The number of aryl methyl sites for hydroxylation is 1. The predicted molar refractivity (Wildman–Crippen MR) is 69.8 cm³/mol. The molecule has 0 saturated heterocycles. The van der Waals surface area contributed by atoms with Crippen molar-refractivity contribution in [2.45, 2.75) is 26.3 Å². The van der Waals surface area contributed by atoms with Crippen LogP contribution < -0.4 is 5.32 Å². The first kappa shape index (κ1) is 11.2. The van der Waals surface area contributed by atoms with Gasteiger partial charge < -0.3 is 9.88 Å². The molecule has 86 valence electrons. The fourth-order valence-corrected chi connectivity index (χ4v) is 2.18. The largest absolute Gasteiger partial charge is 0.350 e. The Morgan fingerprint density at radius 3 is 2.69 bits per heavy atom. The van der Waals surface area contributed by atoms with E-state index >= 15 is 0 Å². The lowest BCUT2D eigenvalue weighted by molar-refractivity contribution is 0.815. The molecule has 1 aromatic heterocycles. The molecule has 1 heterocycles. The molecule has 0 bridgehead atoms. The molecular weight excluding hydrogens is 196 g/mol. The minimum Gasteiger partial charge on any atom is -0.350 e. The summed E-state index contributed by atoms with van der Waals surface area (Å²) in [5, 5.41) is 4.60. The van der Waals surface area contributed by atoms with Crippen LogP contribution in [-0.4, -0.2) is 11.6 Å². The summed E-state index contributed by atoms with van der Waals surface area (Å²) >= 11 is 0. The van der Waals surface area contributed by atoms with E-state index in [0.29, 0.717) is 5.92 Å². The maximum Gasteiger partial charge on any atom is 0.0481 e. The molecule has 0 saturated carbocycles. The first-order chi connectivity index (χ1) is 7.63. The van der Waals surface area contributed by atoms with Crippen LogP contribution in [0.1, 0.15) is 30.9 Å². The molecule has 1 N–H and O–H groups in total. The number of benzene rings is 1. The zero-order valence-electron chi connectivity index (χ0n) is 10.5. The Hall–Kier alpha value is -1.28. The zero-order valence-corrected chi connectivity index (χ0v) is 10.5. The van der Waals surface area contributed by atoms with Crippen molar-refractivity contribution in [1.82, 2.24) is 9.88 Å². The second-order valence-electron chi connectivity index (χ2n) is 4.73. The van der Waals surface area contributed by atoms with Crippen LogP contribution >= 0.6 is 0 Å². The molecule has 0 fully saturated rings. The Morgan fingerprint density at radius 2 is 2.06 bits per heavy atom. The molecule has 0 unspecified atom stereocenters. The highest BCUT2D eigenvalue weighted by molar-refractivity contribution is 5.84. The molecule has 0 aliphatic heterocycles. The summed E-state index contributed by atoms with van der Waals surface area (Å²) in [6.07, 6.45) is 2.21. The fraction of sp³-hybridized carbons (Fsp3) is 0.429. The van der Waals surface area contributed by atoms with Crippen molar-refractivity contribution in [1.29, 1.82) is 0 Å². The van der Waals surface area contributed by atoms with Crippen LogP contribution in [0.4, 0.5) is 0 Å². The average Bonchev–Trinajstić information content (AvgIpc) is 2.56. The van der Waals surface area contributed by atoms with Crippen LogP contribution in [0, 0.1) is 0 Å². The van der Waals surface area contributed by atoms with Gasteiger partial charge in [0.1, 0.15) is 0 Å². The third kappa shape index (κ3) is 1.85. The van der Waals surface area contributed by atoms with E-state index in [-0.39, 0.29) is 0 Å². The second-order valence-corrected chi connectivity index (χ2v) is 4.73. The monoisotopic (exact) mass is 216 g/mol. The molecule has 2 aromatic rings. The highest BCUT2D eigenvalue weighted by Crippen LogP contribution is 2.25. The van der Waals surface area contributed by atoms with E-state index < -0.39 is 0 Å². The van der Waals surface area contributed by atoms with Crippen molar-refractivity contribution in [3.05, 3.63) is 35.5 Å². The summed E-state index contributed by atoms with van der Waals surface area (Å²) < 4.78 is 2.20. The molecule has 0 spiro atoms. The van der Waals surface area contributed by atoms with Gasteiger partial charge in [-0.25, -0.2) is 0 Å². The van der Waals surface area contributed by atoms with E-state index in [2.05, 4.69) is 55.2 Å². The van der Waals surface area contributed by atoms with Crippen molar-refractivity contribution >= 4 is 10.9 Å². The summed E-state index contributed by atoms with van der Waals surface area (Å²) in [5.41, 5.74) is 4.10. The van der Waals surface area contributed by atoms with Crippen molar-refractivity contribution in [2.24, 2.45) is 7.05 Å². The van der Waals surface area contributed by atoms with Crippen LogP contribution in [0.3, 0.4) is 0 Å². The van der Waals surface area contributed by atoms with Gasteiger partial charge in [0.25, 0.3) is 0 Å². The van der Waals surface area contributed by atoms with Crippen molar-refractivity contribution in [3.8, 4) is 0 Å². The van der Waals surface area contributed by atoms with Gasteiger partial charge in [-0.3, -0.25) is 0 Å². The molecule has 0 radical (unpaired) electrons. The number of hydrogen-bond acceptors (Lipinski definition) is 1. The highest BCUT2D eigenvalue weighted by Gasteiger charge is 2.07. The van der Waals surface area contributed by atoms with Crippen LogP contribution in [0.5, 0.6) is 0 Å². The molecule has 0 aliphatic carbocycles. The van der Waals surface area contributed by atoms with E-state index in [1.165, 1.54) is 22.0 Å². The van der Waals surface area contributed by atoms with Gasteiger partial charge in [-0.1, -0.05) is 19.9 Å². The molecule has 2 rings (SSSR count). The first-order valence-corrected chi connectivity index (χ1v) is 5.86. The Labute approximate surface area is 97.3 Å². The average molecular weight is 216 g/mol. The topological polar surface area (TPSA) is 17.0 Å². The van der Waals surface area contributed by atoms with Gasteiger partial charge in [0.2, 0.25) is 0 Å². The van der Waals surface area contributed by atoms with Gasteiger partial charge in [0, 0.05) is 30.7 Å². The van der Waals surface area contributed by atoms with Crippen LogP contribution in [0.25, 0.3) is 10.9 Å². The van der Waals surface area contributed by atoms with Crippen molar-refractivity contribution < 1.29 is 0 Å². The summed E-state index contributed by atoms with van der Waals surface area (Å²) in [4.78, 5) is 0. The Morgan fingerprint density at radius 1 is 1.31 bits per heavy atom.